The predicted molar refractivity (Wildman–Crippen MR) is 130 cm³/mol. The molecule has 0 spiro atoms. The highest BCUT2D eigenvalue weighted by atomic mass is 16.7. The number of amides is 1. The van der Waals surface area contributed by atoms with Crippen LogP contribution >= 0.6 is 0 Å². The summed E-state index contributed by atoms with van der Waals surface area (Å²) in [6.45, 7) is 8.18. The van der Waals surface area contributed by atoms with Gasteiger partial charge in [-0.25, -0.2) is 0 Å². The van der Waals surface area contributed by atoms with Gasteiger partial charge in [-0.05, 0) is 42.9 Å². The van der Waals surface area contributed by atoms with Crippen LogP contribution in [0.3, 0.4) is 0 Å². The first-order valence-corrected chi connectivity index (χ1v) is 12.6. The number of ether oxygens (including phenoxy) is 1. The zero-order valence-corrected chi connectivity index (χ0v) is 21.2. The molecule has 35 heavy (non-hydrogen) atoms. The summed E-state index contributed by atoms with van der Waals surface area (Å²) >= 11 is 0. The molecule has 1 amide bonds. The molecule has 1 heterocycles. The second kappa shape index (κ2) is 9.99. The summed E-state index contributed by atoms with van der Waals surface area (Å²) < 4.78 is 5.44. The molecule has 0 radical (unpaired) electrons. The van der Waals surface area contributed by atoms with Gasteiger partial charge < -0.3 is 30.3 Å². The van der Waals surface area contributed by atoms with E-state index >= 15 is 0 Å². The maximum atomic E-state index is 13.7. The minimum Gasteiger partial charge on any atom is -0.497 e. The number of hydroxylamine groups is 2. The van der Waals surface area contributed by atoms with Crippen LogP contribution in [-0.4, -0.2) is 76.4 Å². The molecular formula is C25H39BN2O7. The maximum absolute atomic E-state index is 13.7. The lowest BCUT2D eigenvalue weighted by Crippen LogP contribution is -2.62. The average Bonchev–Trinajstić information content (AvgIpc) is 3.18. The molecular weight excluding hydrogens is 451 g/mol. The van der Waals surface area contributed by atoms with E-state index in [2.05, 4.69) is 26.1 Å². The number of aliphatic hydroxyl groups is 2. The van der Waals surface area contributed by atoms with Crippen molar-refractivity contribution in [1.82, 2.24) is 10.4 Å². The highest BCUT2D eigenvalue weighted by molar-refractivity contribution is 6.59. The SMILES string of the molecule is COc1c(CN2O[C@@H](CO)[C@@H]([C@H](C)O)C2C(=O)N[C@H]2C[C@@H]3CC([C@@H]2C)C3(C)C)cccc1B(O)O. The van der Waals surface area contributed by atoms with Gasteiger partial charge in [0.05, 0.1) is 26.4 Å². The number of carbonyl (C=O) groups excluding carboxylic acids is 1. The van der Waals surface area contributed by atoms with Crippen LogP contribution in [0.1, 0.15) is 46.1 Å². The van der Waals surface area contributed by atoms with Crippen molar-refractivity contribution in [1.29, 1.82) is 0 Å². The van der Waals surface area contributed by atoms with E-state index in [0.717, 1.165) is 6.42 Å². The van der Waals surface area contributed by atoms with Crippen molar-refractivity contribution < 1.29 is 34.6 Å². The summed E-state index contributed by atoms with van der Waals surface area (Å²) in [6.07, 6.45) is 0.488. The number of nitrogens with one attached hydrogen (secondary N) is 1. The second-order valence-electron chi connectivity index (χ2n) is 11.1. The van der Waals surface area contributed by atoms with E-state index in [1.54, 1.807) is 25.1 Å². The van der Waals surface area contributed by atoms with Crippen molar-refractivity contribution in [2.45, 2.75) is 71.4 Å². The summed E-state index contributed by atoms with van der Waals surface area (Å²) in [7, 11) is -0.283. The third-order valence-electron chi connectivity index (χ3n) is 9.00. The molecule has 3 saturated carbocycles. The minimum atomic E-state index is -1.72. The molecule has 3 aliphatic carbocycles. The van der Waals surface area contributed by atoms with Crippen LogP contribution in [0, 0.1) is 29.1 Å². The summed E-state index contributed by atoms with van der Waals surface area (Å²) in [5.41, 5.74) is 1.09. The Morgan fingerprint density at radius 1 is 1.34 bits per heavy atom. The Labute approximate surface area is 207 Å². The highest BCUT2D eigenvalue weighted by Gasteiger charge is 2.57. The number of aliphatic hydroxyl groups excluding tert-OH is 2. The van der Waals surface area contributed by atoms with Gasteiger partial charge in [0.15, 0.2) is 0 Å². The number of carbonyl (C=O) groups is 1. The maximum Gasteiger partial charge on any atom is 0.492 e. The van der Waals surface area contributed by atoms with Gasteiger partial charge in [0.1, 0.15) is 17.9 Å². The number of fused-ring (bicyclic) bond motifs is 2. The van der Waals surface area contributed by atoms with Crippen molar-refractivity contribution >= 4 is 18.5 Å². The molecule has 2 unspecified atom stereocenters. The van der Waals surface area contributed by atoms with Gasteiger partial charge >= 0.3 is 7.12 Å². The van der Waals surface area contributed by atoms with Crippen LogP contribution in [0.5, 0.6) is 5.75 Å². The van der Waals surface area contributed by atoms with Crippen LogP contribution < -0.4 is 15.5 Å². The molecule has 1 aromatic carbocycles. The van der Waals surface area contributed by atoms with E-state index in [-0.39, 0.29) is 36.3 Å². The normalized spacial score (nSPS) is 34.7. The molecule has 5 N–H and O–H groups in total. The summed E-state index contributed by atoms with van der Waals surface area (Å²) in [4.78, 5) is 19.7. The highest BCUT2D eigenvalue weighted by Crippen LogP contribution is 2.61. The molecule has 5 rings (SSSR count). The Morgan fingerprint density at radius 3 is 2.60 bits per heavy atom. The van der Waals surface area contributed by atoms with Gasteiger partial charge in [-0.15, -0.1) is 0 Å². The van der Waals surface area contributed by atoms with E-state index in [9.17, 15) is 25.1 Å². The topological polar surface area (TPSA) is 132 Å². The predicted octanol–water partition coefficient (Wildman–Crippen LogP) is 0.0356. The molecule has 9 nitrogen and oxygen atoms in total. The Kier molecular flexibility index (Phi) is 7.53. The van der Waals surface area contributed by atoms with Gasteiger partial charge in [-0.2, -0.15) is 5.06 Å². The monoisotopic (exact) mass is 490 g/mol. The third-order valence-corrected chi connectivity index (χ3v) is 9.00. The third kappa shape index (κ3) is 4.60. The van der Waals surface area contributed by atoms with E-state index in [4.69, 9.17) is 9.57 Å². The minimum absolute atomic E-state index is 0.0475. The number of hydrogen-bond acceptors (Lipinski definition) is 8. The Balaban J connectivity index is 1.59. The van der Waals surface area contributed by atoms with Crippen LogP contribution in [0.4, 0.5) is 0 Å². The molecule has 10 heteroatoms. The summed E-state index contributed by atoms with van der Waals surface area (Å²) in [6, 6.07) is 4.19. The van der Waals surface area contributed by atoms with Crippen LogP contribution in [0.25, 0.3) is 0 Å². The molecule has 4 fully saturated rings. The van der Waals surface area contributed by atoms with Crippen LogP contribution in [-0.2, 0) is 16.2 Å². The zero-order chi connectivity index (χ0) is 25.7. The second-order valence-corrected chi connectivity index (χ2v) is 11.1. The lowest BCUT2D eigenvalue weighted by Gasteiger charge is -2.62. The fourth-order valence-electron chi connectivity index (χ4n) is 6.83. The van der Waals surface area contributed by atoms with E-state index in [0.29, 0.717) is 28.7 Å². The standard InChI is InChI=1S/C25H39BN2O7/c1-13-17-9-16(25(17,3)4)10-19(13)27-24(31)22-21(14(2)30)20(12-29)35-28(22)11-15-7-6-8-18(26(32)33)23(15)34-5/h6-8,13-14,16-17,19-22,29-30,32-33H,9-12H2,1-5H3,(H,27,31)/t13-,14-,16-,17?,19-,20-,21+,22?/m0/s1. The van der Waals surface area contributed by atoms with Crippen molar-refractivity contribution in [2.75, 3.05) is 13.7 Å². The number of rotatable bonds is 8. The van der Waals surface area contributed by atoms with E-state index in [1.807, 2.05) is 0 Å². The van der Waals surface area contributed by atoms with Gasteiger partial charge in [0.25, 0.3) is 0 Å². The summed E-state index contributed by atoms with van der Waals surface area (Å²) in [5, 5.41) is 44.7. The molecule has 0 aromatic heterocycles. The molecule has 1 saturated heterocycles. The van der Waals surface area contributed by atoms with Crippen molar-refractivity contribution in [3.8, 4) is 5.75 Å². The van der Waals surface area contributed by atoms with Crippen molar-refractivity contribution in [3.05, 3.63) is 23.8 Å². The molecule has 8 atom stereocenters. The van der Waals surface area contributed by atoms with Crippen LogP contribution in [0.2, 0.25) is 0 Å². The summed E-state index contributed by atoms with van der Waals surface area (Å²) in [5.74, 6) is 0.907. The lowest BCUT2D eigenvalue weighted by molar-refractivity contribution is -0.183. The van der Waals surface area contributed by atoms with E-state index < -0.39 is 31.3 Å². The first-order valence-electron chi connectivity index (χ1n) is 12.6. The van der Waals surface area contributed by atoms with Gasteiger partial charge in [0.2, 0.25) is 5.91 Å². The number of para-hydroxylation sites is 1. The molecule has 2 bridgehead atoms. The molecule has 4 aliphatic rings. The van der Waals surface area contributed by atoms with Gasteiger partial charge in [-0.3, -0.25) is 9.63 Å². The van der Waals surface area contributed by atoms with Gasteiger partial charge in [0, 0.05) is 23.0 Å². The van der Waals surface area contributed by atoms with E-state index in [1.165, 1.54) is 18.6 Å². The number of hydrogen-bond donors (Lipinski definition) is 5. The number of benzene rings is 1. The Morgan fingerprint density at radius 2 is 2.06 bits per heavy atom. The largest absolute Gasteiger partial charge is 0.497 e. The molecule has 194 valence electrons. The first kappa shape index (κ1) is 26.4. The first-order chi connectivity index (χ1) is 16.5. The average molecular weight is 490 g/mol. The Bertz CT molecular complexity index is 927. The van der Waals surface area contributed by atoms with Gasteiger partial charge in [-0.1, -0.05) is 39.0 Å². The van der Waals surface area contributed by atoms with Crippen LogP contribution in [0.15, 0.2) is 18.2 Å². The zero-order valence-electron chi connectivity index (χ0n) is 21.2. The fourth-order valence-corrected chi connectivity index (χ4v) is 6.83. The molecule has 1 aliphatic heterocycles. The fraction of sp³-hybridized carbons (Fsp3) is 0.720. The van der Waals surface area contributed by atoms with Crippen molar-refractivity contribution in [3.63, 3.8) is 0 Å². The number of methoxy groups -OCH3 is 1. The lowest BCUT2D eigenvalue weighted by atomic mass is 9.45. The Hall–Kier alpha value is -1.69. The smallest absolute Gasteiger partial charge is 0.492 e. The number of nitrogens with zero attached hydrogens (tertiary/aromatic N) is 1. The quantitative estimate of drug-likeness (QED) is 0.323. The molecule has 1 aromatic rings. The van der Waals surface area contributed by atoms with Crippen molar-refractivity contribution in [2.24, 2.45) is 29.1 Å².